The summed E-state index contributed by atoms with van der Waals surface area (Å²) in [7, 11) is 0. The van der Waals surface area contributed by atoms with E-state index in [9.17, 15) is 0 Å². The molecule has 0 aromatic carbocycles. The van der Waals surface area contributed by atoms with Crippen LogP contribution in [0.5, 0.6) is 0 Å². The molecule has 3 heterocycles. The summed E-state index contributed by atoms with van der Waals surface area (Å²) in [4.78, 5) is 13.4. The Morgan fingerprint density at radius 1 is 0.913 bits per heavy atom. The largest absolute Gasteiger partial charge is 0.339 e. The summed E-state index contributed by atoms with van der Waals surface area (Å²) in [6.45, 7) is 13.3. The smallest absolute Gasteiger partial charge is 0.240 e. The Hall–Kier alpha value is -1.80. The fourth-order valence-electron chi connectivity index (χ4n) is 2.52. The van der Waals surface area contributed by atoms with E-state index in [-0.39, 0.29) is 5.41 Å². The molecule has 3 rings (SSSR count). The summed E-state index contributed by atoms with van der Waals surface area (Å²) in [5.41, 5.74) is -0.105. The van der Waals surface area contributed by atoms with Gasteiger partial charge in [-0.1, -0.05) is 31.1 Å². The van der Waals surface area contributed by atoms with Crippen LogP contribution in [0.15, 0.2) is 9.05 Å². The minimum absolute atomic E-state index is 0.105. The van der Waals surface area contributed by atoms with Crippen LogP contribution >= 0.6 is 0 Å². The van der Waals surface area contributed by atoms with E-state index in [1.54, 1.807) is 0 Å². The zero-order valence-electron chi connectivity index (χ0n) is 14.2. The lowest BCUT2D eigenvalue weighted by atomic mass is 9.97. The van der Waals surface area contributed by atoms with Crippen molar-refractivity contribution in [3.63, 3.8) is 0 Å². The second-order valence-corrected chi connectivity index (χ2v) is 7.05. The molecule has 1 aliphatic rings. The number of aromatic nitrogens is 4. The van der Waals surface area contributed by atoms with Crippen LogP contribution in [0.1, 0.15) is 44.2 Å². The molecule has 0 bridgehead atoms. The Bertz CT molecular complexity index is 636. The maximum absolute atomic E-state index is 5.35. The van der Waals surface area contributed by atoms with Gasteiger partial charge in [0.15, 0.2) is 11.6 Å². The van der Waals surface area contributed by atoms with Crippen molar-refractivity contribution < 1.29 is 9.05 Å². The van der Waals surface area contributed by atoms with Gasteiger partial charge >= 0.3 is 0 Å². The highest BCUT2D eigenvalue weighted by molar-refractivity contribution is 4.98. The van der Waals surface area contributed by atoms with E-state index in [1.807, 2.05) is 6.92 Å². The van der Waals surface area contributed by atoms with E-state index < -0.39 is 0 Å². The molecule has 0 N–H and O–H groups in total. The second kappa shape index (κ2) is 6.37. The summed E-state index contributed by atoms with van der Waals surface area (Å²) >= 11 is 0. The van der Waals surface area contributed by atoms with Crippen LogP contribution in [0, 0.1) is 6.92 Å². The molecule has 126 valence electrons. The molecule has 8 nitrogen and oxygen atoms in total. The van der Waals surface area contributed by atoms with Crippen molar-refractivity contribution in [1.82, 2.24) is 30.1 Å². The van der Waals surface area contributed by atoms with Gasteiger partial charge in [0, 0.05) is 31.6 Å². The highest BCUT2D eigenvalue weighted by Gasteiger charge is 2.24. The van der Waals surface area contributed by atoms with Crippen molar-refractivity contribution in [3.05, 3.63) is 23.4 Å². The standard InChI is InChI=1S/C15H24N6O2/c1-11-16-13(22-18-11)10-21-7-5-20(6-8-21)9-12-17-14(23-19-12)15(2,3)4/h5-10H2,1-4H3. The van der Waals surface area contributed by atoms with Gasteiger partial charge in [0.1, 0.15) is 0 Å². The predicted octanol–water partition coefficient (Wildman–Crippen LogP) is 1.38. The Balaban J connectivity index is 1.48. The predicted molar refractivity (Wildman–Crippen MR) is 82.6 cm³/mol. The van der Waals surface area contributed by atoms with Crippen molar-refractivity contribution in [2.45, 2.75) is 46.2 Å². The molecule has 2 aromatic heterocycles. The first kappa shape index (κ1) is 16.1. The molecule has 2 aromatic rings. The molecule has 0 radical (unpaired) electrons. The molecular formula is C15H24N6O2. The normalized spacial score (nSPS) is 17.7. The number of piperazine rings is 1. The molecule has 23 heavy (non-hydrogen) atoms. The van der Waals surface area contributed by atoms with Crippen LogP contribution in [0.3, 0.4) is 0 Å². The van der Waals surface area contributed by atoms with E-state index in [0.717, 1.165) is 38.5 Å². The van der Waals surface area contributed by atoms with E-state index >= 15 is 0 Å². The van der Waals surface area contributed by atoms with Gasteiger partial charge in [0.05, 0.1) is 13.1 Å². The van der Waals surface area contributed by atoms with E-state index in [1.165, 1.54) is 0 Å². The molecule has 0 aliphatic carbocycles. The lowest BCUT2D eigenvalue weighted by Gasteiger charge is -2.33. The molecule has 1 aliphatic heterocycles. The van der Waals surface area contributed by atoms with Crippen LogP contribution in [0.25, 0.3) is 0 Å². The van der Waals surface area contributed by atoms with Crippen LogP contribution in [0.2, 0.25) is 0 Å². The van der Waals surface area contributed by atoms with Crippen molar-refractivity contribution in [2.24, 2.45) is 0 Å². The van der Waals surface area contributed by atoms with Crippen molar-refractivity contribution in [2.75, 3.05) is 26.2 Å². The maximum atomic E-state index is 5.35. The van der Waals surface area contributed by atoms with Crippen LogP contribution in [-0.2, 0) is 18.5 Å². The lowest BCUT2D eigenvalue weighted by molar-refractivity contribution is 0.109. The number of aryl methyl sites for hydroxylation is 1. The van der Waals surface area contributed by atoms with Gasteiger partial charge < -0.3 is 9.05 Å². The number of nitrogens with zero attached hydrogens (tertiary/aromatic N) is 6. The van der Waals surface area contributed by atoms with Gasteiger partial charge in [-0.3, -0.25) is 9.80 Å². The quantitative estimate of drug-likeness (QED) is 0.835. The molecule has 1 fully saturated rings. The molecule has 8 heteroatoms. The molecular weight excluding hydrogens is 296 g/mol. The summed E-state index contributed by atoms with van der Waals surface area (Å²) in [5.74, 6) is 2.82. The SMILES string of the molecule is Cc1noc(CN2CCN(Cc3noc(C(C)(C)C)n3)CC2)n1. The third kappa shape index (κ3) is 4.14. The summed E-state index contributed by atoms with van der Waals surface area (Å²) in [6.07, 6.45) is 0. The number of hydrogen-bond acceptors (Lipinski definition) is 8. The first-order valence-corrected chi connectivity index (χ1v) is 7.97. The highest BCUT2D eigenvalue weighted by Crippen LogP contribution is 2.20. The van der Waals surface area contributed by atoms with E-state index in [4.69, 9.17) is 9.05 Å². The van der Waals surface area contributed by atoms with E-state index in [2.05, 4.69) is 50.9 Å². The number of hydrogen-bond donors (Lipinski definition) is 0. The monoisotopic (exact) mass is 320 g/mol. The minimum Gasteiger partial charge on any atom is -0.339 e. The Morgan fingerprint density at radius 2 is 1.57 bits per heavy atom. The van der Waals surface area contributed by atoms with E-state index in [0.29, 0.717) is 24.2 Å². The zero-order valence-corrected chi connectivity index (χ0v) is 14.2. The molecule has 0 amide bonds. The summed E-state index contributed by atoms with van der Waals surface area (Å²) < 4.78 is 10.5. The molecule has 0 saturated carbocycles. The average molecular weight is 320 g/mol. The summed E-state index contributed by atoms with van der Waals surface area (Å²) in [6, 6.07) is 0. The maximum Gasteiger partial charge on any atom is 0.240 e. The van der Waals surface area contributed by atoms with Gasteiger partial charge in [0.2, 0.25) is 11.8 Å². The first-order valence-electron chi connectivity index (χ1n) is 7.97. The molecule has 0 spiro atoms. The molecule has 0 unspecified atom stereocenters. The van der Waals surface area contributed by atoms with Gasteiger partial charge in [0.25, 0.3) is 0 Å². The van der Waals surface area contributed by atoms with Crippen molar-refractivity contribution >= 4 is 0 Å². The van der Waals surface area contributed by atoms with Crippen molar-refractivity contribution in [1.29, 1.82) is 0 Å². The van der Waals surface area contributed by atoms with Gasteiger partial charge in [-0.2, -0.15) is 9.97 Å². The second-order valence-electron chi connectivity index (χ2n) is 7.05. The Kier molecular flexibility index (Phi) is 4.45. The van der Waals surface area contributed by atoms with Gasteiger partial charge in [-0.05, 0) is 6.92 Å². The van der Waals surface area contributed by atoms with Crippen LogP contribution in [-0.4, -0.2) is 56.3 Å². The Morgan fingerprint density at radius 3 is 2.09 bits per heavy atom. The minimum atomic E-state index is -0.105. The van der Waals surface area contributed by atoms with Crippen LogP contribution < -0.4 is 0 Å². The fourth-order valence-corrected chi connectivity index (χ4v) is 2.52. The lowest BCUT2D eigenvalue weighted by Crippen LogP contribution is -2.45. The van der Waals surface area contributed by atoms with Gasteiger partial charge in [-0.25, -0.2) is 0 Å². The Labute approximate surface area is 135 Å². The molecule has 1 saturated heterocycles. The number of rotatable bonds is 4. The van der Waals surface area contributed by atoms with Crippen LogP contribution in [0.4, 0.5) is 0 Å². The zero-order chi connectivity index (χ0) is 16.4. The highest BCUT2D eigenvalue weighted by atomic mass is 16.5. The topological polar surface area (TPSA) is 84.3 Å². The summed E-state index contributed by atoms with van der Waals surface area (Å²) in [5, 5.41) is 7.92. The van der Waals surface area contributed by atoms with Crippen molar-refractivity contribution in [3.8, 4) is 0 Å². The molecule has 0 atom stereocenters. The third-order valence-corrected chi connectivity index (χ3v) is 3.87. The first-order chi connectivity index (χ1) is 10.9. The fraction of sp³-hybridized carbons (Fsp3) is 0.733. The third-order valence-electron chi connectivity index (χ3n) is 3.87. The average Bonchev–Trinajstić information content (AvgIpc) is 3.10. The van der Waals surface area contributed by atoms with Gasteiger partial charge in [-0.15, -0.1) is 0 Å².